The third-order valence-corrected chi connectivity index (χ3v) is 4.07. The van der Waals surface area contributed by atoms with Crippen LogP contribution < -0.4 is 0 Å². The number of ketones is 1. The molecule has 0 bridgehead atoms. The minimum absolute atomic E-state index is 0.156. The number of aliphatic hydroxyl groups is 1. The fourth-order valence-electron chi connectivity index (χ4n) is 2.28. The van der Waals surface area contributed by atoms with Crippen LogP contribution in [-0.2, 0) is 5.60 Å². The van der Waals surface area contributed by atoms with E-state index in [1.807, 2.05) is 0 Å². The fraction of sp³-hybridized carbons (Fsp3) is 0.176. The number of nitrogens with zero attached hydrogens (tertiary/aromatic N) is 1. The van der Waals surface area contributed by atoms with Crippen molar-refractivity contribution in [1.29, 1.82) is 5.26 Å². The van der Waals surface area contributed by atoms with Gasteiger partial charge in [-0.15, -0.1) is 0 Å². The second-order valence-electron chi connectivity index (χ2n) is 5.42. The van der Waals surface area contributed by atoms with Gasteiger partial charge in [0, 0.05) is 15.6 Å². The zero-order valence-electron chi connectivity index (χ0n) is 12.7. The summed E-state index contributed by atoms with van der Waals surface area (Å²) in [6.07, 6.45) is -6.63. The van der Waals surface area contributed by atoms with Gasteiger partial charge in [0.2, 0.25) is 0 Å². The van der Waals surface area contributed by atoms with Crippen LogP contribution in [0.1, 0.15) is 27.9 Å². The number of halogens is 6. The van der Waals surface area contributed by atoms with Gasteiger partial charge in [0.05, 0.1) is 12.0 Å². The first-order valence-corrected chi connectivity index (χ1v) is 7.72. The molecule has 136 valence electrons. The first kappa shape index (κ1) is 20.2. The van der Waals surface area contributed by atoms with Crippen LogP contribution in [0.25, 0.3) is 0 Å². The summed E-state index contributed by atoms with van der Waals surface area (Å²) < 4.78 is 53.9. The maximum Gasteiger partial charge on any atom is 0.421 e. The Labute approximate surface area is 155 Å². The molecule has 0 heterocycles. The Morgan fingerprint density at radius 1 is 1.12 bits per heavy atom. The minimum atomic E-state index is -5.23. The zero-order valence-corrected chi connectivity index (χ0v) is 14.3. The molecule has 0 spiro atoms. The number of Topliss-reactive ketones (excluding diaryl/α,β-unsaturated/α-hetero) is 1. The quantitative estimate of drug-likeness (QED) is 0.573. The predicted molar refractivity (Wildman–Crippen MR) is 86.5 cm³/mol. The average molecular weight is 406 g/mol. The normalized spacial score (nSPS) is 13.8. The molecule has 1 atom stereocenters. The SMILES string of the molecule is N#Cc1cc(C(=O)CC(O)(c2cc(Cl)cc(Cl)c2)C(F)(F)F)ccc1F. The third-order valence-electron chi connectivity index (χ3n) is 3.63. The van der Waals surface area contributed by atoms with Crippen molar-refractivity contribution in [3.8, 4) is 6.07 Å². The van der Waals surface area contributed by atoms with Crippen LogP contribution in [0.3, 0.4) is 0 Å². The van der Waals surface area contributed by atoms with Crippen molar-refractivity contribution in [2.24, 2.45) is 0 Å². The van der Waals surface area contributed by atoms with E-state index in [9.17, 15) is 27.5 Å². The van der Waals surface area contributed by atoms with Crippen LogP contribution in [0.2, 0.25) is 10.0 Å². The third kappa shape index (κ3) is 3.98. The average Bonchev–Trinajstić information content (AvgIpc) is 2.53. The van der Waals surface area contributed by atoms with E-state index in [4.69, 9.17) is 28.5 Å². The molecule has 26 heavy (non-hydrogen) atoms. The predicted octanol–water partition coefficient (Wildman–Crippen LogP) is 5.03. The van der Waals surface area contributed by atoms with Crippen LogP contribution in [0.4, 0.5) is 17.6 Å². The zero-order chi connectivity index (χ0) is 19.7. The Morgan fingerprint density at radius 3 is 2.19 bits per heavy atom. The van der Waals surface area contributed by atoms with Gasteiger partial charge in [-0.3, -0.25) is 4.79 Å². The highest BCUT2D eigenvalue weighted by Crippen LogP contribution is 2.43. The largest absolute Gasteiger partial charge is 0.421 e. The van der Waals surface area contributed by atoms with E-state index in [1.165, 1.54) is 12.1 Å². The number of alkyl halides is 3. The summed E-state index contributed by atoms with van der Waals surface area (Å²) in [6.45, 7) is 0. The summed E-state index contributed by atoms with van der Waals surface area (Å²) in [5.74, 6) is -2.06. The lowest BCUT2D eigenvalue weighted by atomic mass is 9.86. The monoisotopic (exact) mass is 405 g/mol. The molecule has 0 amide bonds. The van der Waals surface area contributed by atoms with Gasteiger partial charge in [-0.25, -0.2) is 4.39 Å². The fourth-order valence-corrected chi connectivity index (χ4v) is 2.80. The molecule has 9 heteroatoms. The lowest BCUT2D eigenvalue weighted by molar-refractivity contribution is -0.264. The minimum Gasteiger partial charge on any atom is -0.376 e. The van der Waals surface area contributed by atoms with Crippen molar-refractivity contribution in [1.82, 2.24) is 0 Å². The number of rotatable bonds is 4. The molecule has 2 aromatic carbocycles. The molecular formula is C17H9Cl2F4NO2. The Bertz CT molecular complexity index is 888. The number of carbonyl (C=O) groups is 1. The lowest BCUT2D eigenvalue weighted by Gasteiger charge is -2.30. The van der Waals surface area contributed by atoms with Gasteiger partial charge in [0.15, 0.2) is 11.4 Å². The summed E-state index contributed by atoms with van der Waals surface area (Å²) in [4.78, 5) is 12.3. The van der Waals surface area contributed by atoms with Gasteiger partial charge in [0.1, 0.15) is 11.9 Å². The molecule has 0 radical (unpaired) electrons. The van der Waals surface area contributed by atoms with Crippen molar-refractivity contribution < 1.29 is 27.5 Å². The number of hydrogen-bond donors (Lipinski definition) is 1. The molecule has 0 saturated heterocycles. The van der Waals surface area contributed by atoms with Gasteiger partial charge in [-0.2, -0.15) is 18.4 Å². The smallest absolute Gasteiger partial charge is 0.376 e. The van der Waals surface area contributed by atoms with Crippen molar-refractivity contribution >= 4 is 29.0 Å². The molecule has 1 N–H and O–H groups in total. The Morgan fingerprint density at radius 2 is 1.69 bits per heavy atom. The molecule has 0 saturated carbocycles. The van der Waals surface area contributed by atoms with Crippen LogP contribution in [-0.4, -0.2) is 17.1 Å². The maximum atomic E-state index is 13.5. The van der Waals surface area contributed by atoms with E-state index >= 15 is 0 Å². The van der Waals surface area contributed by atoms with E-state index in [1.54, 1.807) is 0 Å². The van der Waals surface area contributed by atoms with Crippen LogP contribution in [0.5, 0.6) is 0 Å². The van der Waals surface area contributed by atoms with Gasteiger partial charge in [-0.1, -0.05) is 23.2 Å². The standard InChI is InChI=1S/C17H9Cl2F4NO2/c18-12-4-11(5-13(19)6-12)16(26,17(21,22)23)7-15(25)9-1-2-14(20)10(3-9)8-24/h1-6,26H,7H2. The Kier molecular flexibility index (Phi) is 5.61. The molecule has 0 aromatic heterocycles. The maximum absolute atomic E-state index is 13.5. The van der Waals surface area contributed by atoms with Crippen LogP contribution in [0, 0.1) is 17.1 Å². The van der Waals surface area contributed by atoms with Gasteiger partial charge in [0.25, 0.3) is 0 Å². The lowest BCUT2D eigenvalue weighted by Crippen LogP contribution is -2.44. The van der Waals surface area contributed by atoms with Gasteiger partial charge < -0.3 is 5.11 Å². The number of benzene rings is 2. The highest BCUT2D eigenvalue weighted by Gasteiger charge is 2.56. The van der Waals surface area contributed by atoms with E-state index in [2.05, 4.69) is 0 Å². The van der Waals surface area contributed by atoms with E-state index in [0.717, 1.165) is 30.3 Å². The molecule has 2 aromatic rings. The van der Waals surface area contributed by atoms with E-state index in [-0.39, 0.29) is 15.6 Å². The first-order valence-electron chi connectivity index (χ1n) is 6.96. The highest BCUT2D eigenvalue weighted by atomic mass is 35.5. The first-order chi connectivity index (χ1) is 12.0. The van der Waals surface area contributed by atoms with Gasteiger partial charge in [-0.05, 0) is 42.0 Å². The summed E-state index contributed by atoms with van der Waals surface area (Å²) in [5.41, 5.74) is -5.13. The number of carbonyl (C=O) groups excluding carboxylic acids is 1. The Hall–Kier alpha value is -2.14. The topological polar surface area (TPSA) is 61.1 Å². The van der Waals surface area contributed by atoms with Crippen molar-refractivity contribution in [2.45, 2.75) is 18.2 Å². The van der Waals surface area contributed by atoms with Crippen molar-refractivity contribution in [3.63, 3.8) is 0 Å². The van der Waals surface area contributed by atoms with Crippen molar-refractivity contribution in [3.05, 3.63) is 69.0 Å². The molecule has 0 aliphatic heterocycles. The number of nitriles is 1. The van der Waals surface area contributed by atoms with E-state index in [0.29, 0.717) is 0 Å². The van der Waals surface area contributed by atoms with Crippen LogP contribution >= 0.6 is 23.2 Å². The molecule has 0 aliphatic rings. The molecule has 1 unspecified atom stereocenters. The van der Waals surface area contributed by atoms with E-state index < -0.39 is 40.9 Å². The summed E-state index contributed by atoms with van der Waals surface area (Å²) in [7, 11) is 0. The van der Waals surface area contributed by atoms with Crippen molar-refractivity contribution in [2.75, 3.05) is 0 Å². The second-order valence-corrected chi connectivity index (χ2v) is 6.30. The van der Waals surface area contributed by atoms with Gasteiger partial charge >= 0.3 is 6.18 Å². The summed E-state index contributed by atoms with van der Waals surface area (Å²) in [5, 5.41) is 18.7. The molecule has 3 nitrogen and oxygen atoms in total. The molecular weight excluding hydrogens is 397 g/mol. The molecule has 0 aliphatic carbocycles. The van der Waals surface area contributed by atoms with Crippen LogP contribution in [0.15, 0.2) is 36.4 Å². The summed E-state index contributed by atoms with van der Waals surface area (Å²) >= 11 is 11.4. The highest BCUT2D eigenvalue weighted by molar-refractivity contribution is 6.34. The molecule has 2 rings (SSSR count). The molecule has 0 fully saturated rings. The summed E-state index contributed by atoms with van der Waals surface area (Å²) in [6, 6.07) is 6.88. The Balaban J connectivity index is 2.49. The number of hydrogen-bond acceptors (Lipinski definition) is 3. The second kappa shape index (κ2) is 7.23.